The van der Waals surface area contributed by atoms with Crippen LogP contribution in [0.4, 0.5) is 0 Å². The Labute approximate surface area is 174 Å². The van der Waals surface area contributed by atoms with Gasteiger partial charge in [0, 0.05) is 18.0 Å². The van der Waals surface area contributed by atoms with Crippen LogP contribution in [0.3, 0.4) is 0 Å². The van der Waals surface area contributed by atoms with Crippen LogP contribution in [-0.2, 0) is 9.59 Å². The predicted molar refractivity (Wildman–Crippen MR) is 106 cm³/mol. The number of ether oxygens (including phenoxy) is 1. The second-order valence-corrected chi connectivity index (χ2v) is 7.47. The number of nitrogens with one attached hydrogen (secondary N) is 1. The number of amides is 1. The second kappa shape index (κ2) is 8.63. The van der Waals surface area contributed by atoms with E-state index in [1.54, 1.807) is 30.6 Å². The van der Waals surface area contributed by atoms with Crippen molar-refractivity contribution in [1.82, 2.24) is 9.88 Å². The van der Waals surface area contributed by atoms with Crippen molar-refractivity contribution < 1.29 is 24.3 Å². The molecule has 8 heteroatoms. The highest BCUT2D eigenvalue weighted by atomic mass is 35.5. The number of nitrogens with zero attached hydrogens (tertiary/aromatic N) is 2. The molecule has 2 aromatic rings. The fourth-order valence-corrected chi connectivity index (χ4v) is 3.56. The third kappa shape index (κ3) is 4.11. The predicted octanol–water partition coefficient (Wildman–Crippen LogP) is 0.112. The number of Topliss-reactive ketones (excluding diaryl/α,β-unsaturated/α-hetero) is 1. The topological polar surface area (TPSA) is 87.0 Å². The lowest BCUT2D eigenvalue weighted by molar-refractivity contribution is -0.857. The van der Waals surface area contributed by atoms with Crippen molar-refractivity contribution in [2.45, 2.75) is 6.04 Å². The van der Waals surface area contributed by atoms with E-state index in [0.717, 1.165) is 4.90 Å². The summed E-state index contributed by atoms with van der Waals surface area (Å²) in [7, 11) is 5.39. The molecular weight excluding hydrogens is 394 g/mol. The molecule has 1 aliphatic heterocycles. The van der Waals surface area contributed by atoms with Gasteiger partial charge < -0.3 is 19.6 Å². The third-order valence-electron chi connectivity index (χ3n) is 4.82. The summed E-state index contributed by atoms with van der Waals surface area (Å²) >= 11 is 6.15. The van der Waals surface area contributed by atoms with E-state index in [0.29, 0.717) is 24.4 Å². The number of hydrogen-bond donors (Lipinski definition) is 1. The number of likely N-dealkylation sites (tertiary alicyclic amines) is 1. The Hall–Kier alpha value is -2.90. The molecule has 1 fully saturated rings. The lowest BCUT2D eigenvalue weighted by Gasteiger charge is -2.27. The average Bonchev–Trinajstić information content (AvgIpc) is 2.97. The van der Waals surface area contributed by atoms with Gasteiger partial charge in [-0.15, -0.1) is 0 Å². The van der Waals surface area contributed by atoms with E-state index < -0.39 is 23.5 Å². The molecule has 29 heavy (non-hydrogen) atoms. The molecule has 0 saturated carbocycles. The minimum Gasteiger partial charge on any atom is -0.872 e. The third-order valence-corrected chi connectivity index (χ3v) is 5.11. The molecule has 1 aromatic carbocycles. The van der Waals surface area contributed by atoms with Crippen LogP contribution in [0.5, 0.6) is 5.75 Å². The number of rotatable bonds is 6. The van der Waals surface area contributed by atoms with Crippen molar-refractivity contribution in [1.29, 1.82) is 0 Å². The molecule has 1 saturated heterocycles. The maximum Gasteiger partial charge on any atom is 0.295 e. The van der Waals surface area contributed by atoms with Crippen molar-refractivity contribution in [3.63, 3.8) is 0 Å². The fraction of sp³-hybridized carbons (Fsp3) is 0.286. The summed E-state index contributed by atoms with van der Waals surface area (Å²) in [6.07, 6.45) is 3.15. The Morgan fingerprint density at radius 3 is 2.52 bits per heavy atom. The Morgan fingerprint density at radius 2 is 1.93 bits per heavy atom. The van der Waals surface area contributed by atoms with E-state index in [1.165, 1.54) is 24.1 Å². The largest absolute Gasteiger partial charge is 0.872 e. The van der Waals surface area contributed by atoms with Gasteiger partial charge in [0.1, 0.15) is 5.75 Å². The summed E-state index contributed by atoms with van der Waals surface area (Å²) in [6, 6.07) is 7.20. The zero-order chi connectivity index (χ0) is 21.1. The standard InChI is InChI=1S/C21H22ClN3O4/c1-24(2)10-11-25-18(13-6-8-23-9-7-13)17(20(27)21(25)28)19(26)14-4-5-16(29-3)15(22)12-14/h4-9,12,18,26H,10-11H2,1-3H3. The summed E-state index contributed by atoms with van der Waals surface area (Å²) in [5.41, 5.74) is 0.818. The molecule has 152 valence electrons. The SMILES string of the molecule is COc1ccc(C([O-])=C2C(=O)C(=O)N(CC[NH+](C)C)C2c2ccncc2)cc1Cl. The first kappa shape index (κ1) is 20.8. The van der Waals surface area contributed by atoms with E-state index in [9.17, 15) is 14.7 Å². The molecule has 0 radical (unpaired) electrons. The van der Waals surface area contributed by atoms with Crippen molar-refractivity contribution in [3.05, 3.63) is 64.4 Å². The molecule has 0 aliphatic carbocycles. The molecule has 0 spiro atoms. The van der Waals surface area contributed by atoms with Crippen molar-refractivity contribution in [2.75, 3.05) is 34.3 Å². The number of carbonyl (C=O) groups is 2. The first-order chi connectivity index (χ1) is 13.8. The van der Waals surface area contributed by atoms with E-state index >= 15 is 0 Å². The lowest BCUT2D eigenvalue weighted by atomic mass is 9.96. The molecule has 1 N–H and O–H groups in total. The number of methoxy groups -OCH3 is 1. The molecule has 1 aromatic heterocycles. The molecule has 1 unspecified atom stereocenters. The van der Waals surface area contributed by atoms with E-state index in [2.05, 4.69) is 4.98 Å². The first-order valence-electron chi connectivity index (χ1n) is 9.14. The Kier molecular flexibility index (Phi) is 6.20. The van der Waals surface area contributed by atoms with Crippen LogP contribution in [-0.4, -0.2) is 55.9 Å². The van der Waals surface area contributed by atoms with E-state index in [1.807, 2.05) is 14.1 Å². The van der Waals surface area contributed by atoms with Crippen molar-refractivity contribution in [3.8, 4) is 5.75 Å². The van der Waals surface area contributed by atoms with Crippen molar-refractivity contribution in [2.24, 2.45) is 0 Å². The normalized spacial score (nSPS) is 18.5. The number of halogens is 1. The highest BCUT2D eigenvalue weighted by Gasteiger charge is 2.44. The smallest absolute Gasteiger partial charge is 0.295 e. The second-order valence-electron chi connectivity index (χ2n) is 7.06. The van der Waals surface area contributed by atoms with Crippen molar-refractivity contribution >= 4 is 29.1 Å². The van der Waals surface area contributed by atoms with Crippen LogP contribution in [0.15, 0.2) is 48.3 Å². The Bertz CT molecular complexity index is 960. The molecule has 1 atom stereocenters. The number of carbonyl (C=O) groups excluding carboxylic acids is 2. The highest BCUT2D eigenvalue weighted by Crippen LogP contribution is 2.39. The van der Waals surface area contributed by atoms with Gasteiger partial charge in [0.2, 0.25) is 5.78 Å². The van der Waals surface area contributed by atoms with Gasteiger partial charge in [-0.25, -0.2) is 0 Å². The zero-order valence-corrected chi connectivity index (χ0v) is 17.2. The number of hydrogen-bond acceptors (Lipinski definition) is 5. The zero-order valence-electron chi connectivity index (χ0n) is 16.4. The minimum absolute atomic E-state index is 0.0730. The number of pyridine rings is 1. The number of aromatic nitrogens is 1. The van der Waals surface area contributed by atoms with Gasteiger partial charge in [-0.1, -0.05) is 23.4 Å². The lowest BCUT2D eigenvalue weighted by Crippen LogP contribution is -3.06. The summed E-state index contributed by atoms with van der Waals surface area (Å²) in [6.45, 7) is 0.983. The Balaban J connectivity index is 2.13. The number of ketones is 1. The highest BCUT2D eigenvalue weighted by molar-refractivity contribution is 6.46. The van der Waals surface area contributed by atoms with E-state index in [-0.39, 0.29) is 16.2 Å². The number of likely N-dealkylation sites (N-methyl/N-ethyl adjacent to an activating group) is 1. The summed E-state index contributed by atoms with van der Waals surface area (Å²) < 4.78 is 5.12. The Morgan fingerprint density at radius 1 is 1.24 bits per heavy atom. The molecule has 2 heterocycles. The summed E-state index contributed by atoms with van der Waals surface area (Å²) in [5.74, 6) is -1.55. The fourth-order valence-electron chi connectivity index (χ4n) is 3.30. The van der Waals surface area contributed by atoms with Crippen LogP contribution in [0.2, 0.25) is 5.02 Å². The van der Waals surface area contributed by atoms with Gasteiger partial charge >= 0.3 is 0 Å². The maximum atomic E-state index is 13.3. The van der Waals surface area contributed by atoms with Crippen LogP contribution in [0, 0.1) is 0 Å². The maximum absolute atomic E-state index is 13.3. The van der Waals surface area contributed by atoms with Gasteiger partial charge in [0.15, 0.2) is 0 Å². The van der Waals surface area contributed by atoms with Gasteiger partial charge in [0.05, 0.1) is 45.4 Å². The average molecular weight is 416 g/mol. The van der Waals surface area contributed by atoms with Crippen LogP contribution in [0.25, 0.3) is 5.76 Å². The van der Waals surface area contributed by atoms with Crippen LogP contribution in [0.1, 0.15) is 17.2 Å². The molecule has 3 rings (SSSR count). The number of quaternary nitrogens is 1. The van der Waals surface area contributed by atoms with Crippen LogP contribution >= 0.6 is 11.6 Å². The van der Waals surface area contributed by atoms with Gasteiger partial charge in [-0.05, 0) is 35.4 Å². The van der Waals surface area contributed by atoms with Gasteiger partial charge in [-0.3, -0.25) is 14.6 Å². The van der Waals surface area contributed by atoms with Gasteiger partial charge in [-0.2, -0.15) is 0 Å². The molecule has 7 nitrogen and oxygen atoms in total. The van der Waals surface area contributed by atoms with Gasteiger partial charge in [0.25, 0.3) is 5.91 Å². The molecule has 1 amide bonds. The monoisotopic (exact) mass is 415 g/mol. The summed E-state index contributed by atoms with van der Waals surface area (Å²) in [4.78, 5) is 32.2. The number of benzene rings is 1. The van der Waals surface area contributed by atoms with E-state index in [4.69, 9.17) is 16.3 Å². The molecular formula is C21H22ClN3O4. The molecule has 0 bridgehead atoms. The minimum atomic E-state index is -0.780. The molecule has 1 aliphatic rings. The summed E-state index contributed by atoms with van der Waals surface area (Å²) in [5, 5.41) is 13.5. The first-order valence-corrected chi connectivity index (χ1v) is 9.52. The van der Waals surface area contributed by atoms with Crippen LogP contribution < -0.4 is 14.7 Å². The quantitative estimate of drug-likeness (QED) is 0.411.